The standard InChI is InChI=1S/C7H6F3N3O2/c8-7(9,10)5-1-4(3-11)2-6(12-5)13(14)15/h1-2H,3,11H2. The predicted octanol–water partition coefficient (Wildman–Crippen LogP) is 1.47. The van der Waals surface area contributed by atoms with E-state index in [0.717, 1.165) is 6.07 Å². The van der Waals surface area contributed by atoms with E-state index in [2.05, 4.69) is 4.98 Å². The van der Waals surface area contributed by atoms with Gasteiger partial charge in [-0.3, -0.25) is 0 Å². The predicted molar refractivity (Wildman–Crippen MR) is 43.8 cm³/mol. The smallest absolute Gasteiger partial charge is 0.358 e. The molecule has 0 aliphatic rings. The number of nitrogens with two attached hydrogens (primary N) is 1. The second-order valence-electron chi connectivity index (χ2n) is 2.68. The van der Waals surface area contributed by atoms with E-state index < -0.39 is 22.6 Å². The van der Waals surface area contributed by atoms with Gasteiger partial charge in [0.1, 0.15) is 0 Å². The molecule has 1 rings (SSSR count). The maximum atomic E-state index is 12.2. The highest BCUT2D eigenvalue weighted by Crippen LogP contribution is 2.29. The molecule has 5 nitrogen and oxygen atoms in total. The minimum absolute atomic E-state index is 0.0176. The Balaban J connectivity index is 3.30. The van der Waals surface area contributed by atoms with Gasteiger partial charge >= 0.3 is 12.0 Å². The van der Waals surface area contributed by atoms with Crippen molar-refractivity contribution in [2.75, 3.05) is 0 Å². The van der Waals surface area contributed by atoms with E-state index in [1.165, 1.54) is 0 Å². The van der Waals surface area contributed by atoms with Crippen LogP contribution in [0, 0.1) is 10.1 Å². The van der Waals surface area contributed by atoms with Crippen molar-refractivity contribution in [2.24, 2.45) is 5.73 Å². The summed E-state index contributed by atoms with van der Waals surface area (Å²) in [6.45, 7) is -0.216. The maximum Gasteiger partial charge on any atom is 0.458 e. The number of rotatable bonds is 2. The Bertz CT molecular complexity index is 392. The summed E-state index contributed by atoms with van der Waals surface area (Å²) in [5, 5.41) is 10.3. The largest absolute Gasteiger partial charge is 0.458 e. The first-order chi connectivity index (χ1) is 6.84. The van der Waals surface area contributed by atoms with E-state index in [1.807, 2.05) is 0 Å². The van der Waals surface area contributed by atoms with Gasteiger partial charge in [0.05, 0.1) is 0 Å². The van der Waals surface area contributed by atoms with Crippen molar-refractivity contribution in [1.29, 1.82) is 0 Å². The average molecular weight is 221 g/mol. The Labute approximate surface area is 81.9 Å². The third-order valence-corrected chi connectivity index (χ3v) is 1.58. The summed E-state index contributed by atoms with van der Waals surface area (Å²) in [6, 6.07) is 1.60. The van der Waals surface area contributed by atoms with Gasteiger partial charge in [0.25, 0.3) is 5.69 Å². The van der Waals surface area contributed by atoms with Gasteiger partial charge < -0.3 is 15.8 Å². The van der Waals surface area contributed by atoms with E-state index in [1.54, 1.807) is 0 Å². The number of hydrogen-bond acceptors (Lipinski definition) is 4. The molecule has 0 spiro atoms. The van der Waals surface area contributed by atoms with Crippen LogP contribution in [0.5, 0.6) is 0 Å². The highest BCUT2D eigenvalue weighted by molar-refractivity contribution is 5.30. The summed E-state index contributed by atoms with van der Waals surface area (Å²) in [6.07, 6.45) is -4.71. The third-order valence-electron chi connectivity index (χ3n) is 1.58. The molecule has 0 aliphatic carbocycles. The molecule has 0 amide bonds. The van der Waals surface area contributed by atoms with Crippen molar-refractivity contribution in [3.05, 3.63) is 33.5 Å². The molecule has 15 heavy (non-hydrogen) atoms. The molecule has 0 radical (unpaired) electrons. The molecule has 0 aromatic carbocycles. The van der Waals surface area contributed by atoms with Gasteiger partial charge in [0.2, 0.25) is 0 Å². The zero-order valence-electron chi connectivity index (χ0n) is 7.28. The van der Waals surface area contributed by atoms with Gasteiger partial charge in [-0.15, -0.1) is 0 Å². The van der Waals surface area contributed by atoms with Crippen LogP contribution in [-0.2, 0) is 12.7 Å². The Morgan fingerprint density at radius 3 is 2.47 bits per heavy atom. The fourth-order valence-electron chi connectivity index (χ4n) is 0.928. The van der Waals surface area contributed by atoms with E-state index in [-0.39, 0.29) is 12.1 Å². The average Bonchev–Trinajstić information content (AvgIpc) is 2.15. The SMILES string of the molecule is NCc1cc([N+](=O)[O-])nc(C(F)(F)F)c1. The summed E-state index contributed by atoms with van der Waals surface area (Å²) in [5.41, 5.74) is 3.82. The van der Waals surface area contributed by atoms with Crippen LogP contribution in [0.3, 0.4) is 0 Å². The minimum Gasteiger partial charge on any atom is -0.358 e. The fraction of sp³-hybridized carbons (Fsp3) is 0.286. The number of nitro groups is 1. The molecule has 0 unspecified atom stereocenters. The Hall–Kier alpha value is -1.70. The first-order valence-corrected chi connectivity index (χ1v) is 3.77. The Kier molecular flexibility index (Phi) is 2.89. The van der Waals surface area contributed by atoms with E-state index in [9.17, 15) is 23.3 Å². The monoisotopic (exact) mass is 221 g/mol. The highest BCUT2D eigenvalue weighted by atomic mass is 19.4. The molecule has 0 saturated carbocycles. The van der Waals surface area contributed by atoms with Gasteiger partial charge in [-0.25, -0.2) is 0 Å². The number of halogens is 3. The second kappa shape index (κ2) is 3.81. The summed E-state index contributed by atoms with van der Waals surface area (Å²) >= 11 is 0. The zero-order chi connectivity index (χ0) is 11.6. The van der Waals surface area contributed by atoms with Gasteiger partial charge in [-0.05, 0) is 21.5 Å². The van der Waals surface area contributed by atoms with Crippen molar-refractivity contribution < 1.29 is 18.1 Å². The number of alkyl halides is 3. The summed E-state index contributed by atoms with van der Waals surface area (Å²) in [7, 11) is 0. The molecule has 1 aromatic rings. The second-order valence-corrected chi connectivity index (χ2v) is 2.68. The molecule has 82 valence electrons. The highest BCUT2D eigenvalue weighted by Gasteiger charge is 2.38. The lowest BCUT2D eigenvalue weighted by molar-refractivity contribution is -0.390. The van der Waals surface area contributed by atoms with E-state index in [4.69, 9.17) is 5.73 Å². The van der Waals surface area contributed by atoms with Crippen molar-refractivity contribution in [3.63, 3.8) is 0 Å². The summed E-state index contributed by atoms with van der Waals surface area (Å²) < 4.78 is 36.7. The Morgan fingerprint density at radius 1 is 1.47 bits per heavy atom. The first-order valence-electron chi connectivity index (χ1n) is 3.77. The van der Waals surface area contributed by atoms with Crippen LogP contribution in [0.4, 0.5) is 19.0 Å². The molecule has 0 bridgehead atoms. The van der Waals surface area contributed by atoms with Crippen LogP contribution in [0.15, 0.2) is 12.1 Å². The number of aromatic nitrogens is 1. The molecule has 0 aliphatic heterocycles. The van der Waals surface area contributed by atoms with E-state index in [0.29, 0.717) is 6.07 Å². The quantitative estimate of drug-likeness (QED) is 0.605. The van der Waals surface area contributed by atoms with E-state index >= 15 is 0 Å². The zero-order valence-corrected chi connectivity index (χ0v) is 7.28. The van der Waals surface area contributed by atoms with Crippen molar-refractivity contribution in [3.8, 4) is 0 Å². The number of hydrogen-bond donors (Lipinski definition) is 1. The molecule has 1 aromatic heterocycles. The van der Waals surface area contributed by atoms with Gasteiger partial charge in [0, 0.05) is 12.6 Å². The normalized spacial score (nSPS) is 11.5. The molecule has 8 heteroatoms. The van der Waals surface area contributed by atoms with Crippen LogP contribution in [0.2, 0.25) is 0 Å². The number of nitrogens with zero attached hydrogens (tertiary/aromatic N) is 2. The Morgan fingerprint density at radius 2 is 2.07 bits per heavy atom. The molecule has 1 heterocycles. The minimum atomic E-state index is -4.71. The van der Waals surface area contributed by atoms with Crippen molar-refractivity contribution in [1.82, 2.24) is 4.98 Å². The molecule has 0 fully saturated rings. The van der Waals surface area contributed by atoms with Crippen LogP contribution in [0.25, 0.3) is 0 Å². The summed E-state index contributed by atoms with van der Waals surface area (Å²) in [5.74, 6) is -0.856. The molecule has 2 N–H and O–H groups in total. The fourth-order valence-corrected chi connectivity index (χ4v) is 0.928. The molecule has 0 saturated heterocycles. The van der Waals surface area contributed by atoms with Crippen LogP contribution >= 0.6 is 0 Å². The lowest BCUT2D eigenvalue weighted by atomic mass is 10.2. The summed E-state index contributed by atoms with van der Waals surface area (Å²) in [4.78, 5) is 12.2. The van der Waals surface area contributed by atoms with Gasteiger partial charge in [-0.1, -0.05) is 0 Å². The van der Waals surface area contributed by atoms with Crippen LogP contribution in [-0.4, -0.2) is 9.91 Å². The van der Waals surface area contributed by atoms with Crippen molar-refractivity contribution >= 4 is 5.82 Å². The van der Waals surface area contributed by atoms with Gasteiger partial charge in [0.15, 0.2) is 0 Å². The van der Waals surface area contributed by atoms with Crippen molar-refractivity contribution in [2.45, 2.75) is 12.7 Å². The number of pyridine rings is 1. The van der Waals surface area contributed by atoms with Crippen LogP contribution in [0.1, 0.15) is 11.3 Å². The third kappa shape index (κ3) is 2.62. The topological polar surface area (TPSA) is 82.0 Å². The molecule has 0 atom stereocenters. The molecular formula is C7H6F3N3O2. The maximum absolute atomic E-state index is 12.2. The lowest BCUT2D eigenvalue weighted by Gasteiger charge is -2.03. The molecular weight excluding hydrogens is 215 g/mol. The van der Waals surface area contributed by atoms with Crippen LogP contribution < -0.4 is 5.73 Å². The van der Waals surface area contributed by atoms with Gasteiger partial charge in [-0.2, -0.15) is 13.2 Å². The first kappa shape index (κ1) is 11.4. The lowest BCUT2D eigenvalue weighted by Crippen LogP contribution is -2.11.